The molecule has 0 unspecified atom stereocenters. The Hall–Kier alpha value is -1.93. The number of hydrogen-bond donors (Lipinski definition) is 2. The fourth-order valence-corrected chi connectivity index (χ4v) is 2.51. The van der Waals surface area contributed by atoms with Crippen LogP contribution in [0, 0.1) is 0 Å². The molecule has 0 aliphatic carbocycles. The zero-order valence-electron chi connectivity index (χ0n) is 11.9. The van der Waals surface area contributed by atoms with Gasteiger partial charge in [0.25, 0.3) is 11.8 Å². The van der Waals surface area contributed by atoms with E-state index in [1.165, 1.54) is 0 Å². The van der Waals surface area contributed by atoms with Crippen LogP contribution in [0.25, 0.3) is 0 Å². The van der Waals surface area contributed by atoms with Gasteiger partial charge in [0.05, 0.1) is 11.1 Å². The molecule has 1 heterocycles. The van der Waals surface area contributed by atoms with Crippen molar-refractivity contribution >= 4 is 51.2 Å². The minimum absolute atomic E-state index is 0.154. The summed E-state index contributed by atoms with van der Waals surface area (Å²) in [6.07, 6.45) is 0. The highest BCUT2D eigenvalue weighted by Crippen LogP contribution is 2.25. The predicted octanol–water partition coefficient (Wildman–Crippen LogP) is 0.516. The first-order chi connectivity index (χ1) is 10.9. The summed E-state index contributed by atoms with van der Waals surface area (Å²) in [5, 5.41) is 5.00. The highest BCUT2D eigenvalue weighted by Gasteiger charge is 2.36. The van der Waals surface area contributed by atoms with Gasteiger partial charge in [0.15, 0.2) is 0 Å². The van der Waals surface area contributed by atoms with Gasteiger partial charge in [0.2, 0.25) is 11.8 Å². The molecule has 0 saturated carbocycles. The lowest BCUT2D eigenvalue weighted by Crippen LogP contribution is -2.42. The molecular weight excluding hydrogens is 390 g/mol. The maximum Gasteiger partial charge on any atom is 0.262 e. The van der Waals surface area contributed by atoms with E-state index in [0.717, 1.165) is 4.90 Å². The zero-order chi connectivity index (χ0) is 17.0. The Morgan fingerprint density at radius 3 is 2.30 bits per heavy atom. The molecule has 122 valence electrons. The lowest BCUT2D eigenvalue weighted by molar-refractivity contribution is -0.122. The van der Waals surface area contributed by atoms with Gasteiger partial charge in [-0.05, 0) is 18.2 Å². The molecule has 1 aliphatic heterocycles. The quantitative estimate of drug-likeness (QED) is 0.412. The molecule has 23 heavy (non-hydrogen) atoms. The summed E-state index contributed by atoms with van der Waals surface area (Å²) in [7, 11) is 0. The monoisotopic (exact) mass is 401 g/mol. The van der Waals surface area contributed by atoms with Gasteiger partial charge in [-0.1, -0.05) is 15.9 Å². The highest BCUT2D eigenvalue weighted by molar-refractivity contribution is 9.10. The maximum atomic E-state index is 12.2. The van der Waals surface area contributed by atoms with E-state index in [1.807, 2.05) is 0 Å². The molecule has 0 bridgehead atoms. The zero-order valence-corrected chi connectivity index (χ0v) is 14.2. The van der Waals surface area contributed by atoms with Crippen LogP contribution >= 0.6 is 27.5 Å². The van der Waals surface area contributed by atoms with Crippen molar-refractivity contribution in [1.29, 1.82) is 0 Å². The number of alkyl halides is 1. The summed E-state index contributed by atoms with van der Waals surface area (Å²) < 4.78 is 0.679. The van der Waals surface area contributed by atoms with E-state index in [0.29, 0.717) is 4.47 Å². The highest BCUT2D eigenvalue weighted by atomic mass is 79.9. The van der Waals surface area contributed by atoms with Crippen LogP contribution in [0.1, 0.15) is 20.7 Å². The molecule has 2 N–H and O–H groups in total. The van der Waals surface area contributed by atoms with Crippen molar-refractivity contribution in [2.45, 2.75) is 0 Å². The Kier molecular flexibility index (Phi) is 5.73. The Morgan fingerprint density at radius 2 is 1.65 bits per heavy atom. The number of rotatable bonds is 6. The van der Waals surface area contributed by atoms with Crippen LogP contribution in [0.15, 0.2) is 22.7 Å². The van der Waals surface area contributed by atoms with E-state index in [9.17, 15) is 19.2 Å². The minimum atomic E-state index is -0.503. The maximum absolute atomic E-state index is 12.2. The normalized spacial score (nSPS) is 13.0. The third-order valence-corrected chi connectivity index (χ3v) is 3.86. The first kappa shape index (κ1) is 17.4. The first-order valence-electron chi connectivity index (χ1n) is 6.69. The lowest BCUT2D eigenvalue weighted by atomic mass is 10.1. The van der Waals surface area contributed by atoms with Crippen LogP contribution in [-0.2, 0) is 9.59 Å². The molecule has 9 heteroatoms. The fraction of sp³-hybridized carbons (Fsp3) is 0.286. The third kappa shape index (κ3) is 4.08. The number of carbonyl (C=O) groups excluding carboxylic acids is 4. The number of carbonyl (C=O) groups is 4. The Bertz CT molecular complexity index is 680. The molecule has 2 rings (SSSR count). The van der Waals surface area contributed by atoms with Gasteiger partial charge in [-0.3, -0.25) is 24.1 Å². The molecular formula is C14H13BrClN3O4. The Balaban J connectivity index is 1.89. The predicted molar refractivity (Wildman–Crippen MR) is 86.2 cm³/mol. The van der Waals surface area contributed by atoms with Gasteiger partial charge in [-0.15, -0.1) is 11.6 Å². The van der Waals surface area contributed by atoms with Crippen molar-refractivity contribution < 1.29 is 19.2 Å². The first-order valence-corrected chi connectivity index (χ1v) is 8.02. The molecule has 4 amide bonds. The summed E-state index contributed by atoms with van der Waals surface area (Å²) in [6, 6.07) is 4.75. The van der Waals surface area contributed by atoms with Crippen LogP contribution in [0.5, 0.6) is 0 Å². The van der Waals surface area contributed by atoms with Gasteiger partial charge in [-0.25, -0.2) is 0 Å². The molecule has 0 aromatic heterocycles. The smallest absolute Gasteiger partial charge is 0.262 e. The molecule has 0 radical (unpaired) electrons. The largest absolute Gasteiger partial charge is 0.353 e. The third-order valence-electron chi connectivity index (χ3n) is 3.13. The van der Waals surface area contributed by atoms with Crippen LogP contribution in [-0.4, -0.2) is 54.0 Å². The average Bonchev–Trinajstić information content (AvgIpc) is 2.76. The second-order valence-corrected chi connectivity index (χ2v) is 5.90. The molecule has 0 fully saturated rings. The van der Waals surface area contributed by atoms with Crippen molar-refractivity contribution in [3.8, 4) is 0 Å². The van der Waals surface area contributed by atoms with Crippen LogP contribution in [0.2, 0.25) is 0 Å². The fourth-order valence-electron chi connectivity index (χ4n) is 2.06. The van der Waals surface area contributed by atoms with E-state index in [1.54, 1.807) is 18.2 Å². The number of nitrogens with one attached hydrogen (secondary N) is 2. The van der Waals surface area contributed by atoms with Gasteiger partial charge in [-0.2, -0.15) is 0 Å². The minimum Gasteiger partial charge on any atom is -0.353 e. The number of imide groups is 1. The molecule has 1 aliphatic rings. The van der Waals surface area contributed by atoms with E-state index in [2.05, 4.69) is 26.6 Å². The van der Waals surface area contributed by atoms with E-state index in [4.69, 9.17) is 11.6 Å². The van der Waals surface area contributed by atoms with Crippen LogP contribution in [0.4, 0.5) is 0 Å². The number of nitrogens with zero attached hydrogens (tertiary/aromatic N) is 1. The molecule has 1 aromatic rings. The van der Waals surface area contributed by atoms with Gasteiger partial charge >= 0.3 is 0 Å². The summed E-state index contributed by atoms with van der Waals surface area (Å²) in [5.41, 5.74) is 0.548. The SMILES string of the molecule is O=C(CCl)NCCNC(=O)CN1C(=O)c2ccc(Br)cc2C1=O. The van der Waals surface area contributed by atoms with Crippen molar-refractivity contribution in [1.82, 2.24) is 15.5 Å². The average molecular weight is 403 g/mol. The van der Waals surface area contributed by atoms with Crippen molar-refractivity contribution in [2.24, 2.45) is 0 Å². The second-order valence-electron chi connectivity index (χ2n) is 4.72. The summed E-state index contributed by atoms with van der Waals surface area (Å²) in [5.74, 6) is -1.98. The summed E-state index contributed by atoms with van der Waals surface area (Å²) >= 11 is 8.55. The molecule has 1 aromatic carbocycles. The Labute approximate surface area is 145 Å². The second kappa shape index (κ2) is 7.56. The van der Waals surface area contributed by atoms with Gasteiger partial charge in [0.1, 0.15) is 12.4 Å². The number of amides is 4. The summed E-state index contributed by atoms with van der Waals surface area (Å²) in [4.78, 5) is 48.0. The number of benzene rings is 1. The van der Waals surface area contributed by atoms with Crippen LogP contribution < -0.4 is 10.6 Å². The Morgan fingerprint density at radius 1 is 1.04 bits per heavy atom. The van der Waals surface area contributed by atoms with Crippen LogP contribution in [0.3, 0.4) is 0 Å². The lowest BCUT2D eigenvalue weighted by Gasteiger charge is -2.13. The number of fused-ring (bicyclic) bond motifs is 1. The molecule has 0 saturated heterocycles. The van der Waals surface area contributed by atoms with Gasteiger partial charge < -0.3 is 10.6 Å². The van der Waals surface area contributed by atoms with Crippen molar-refractivity contribution in [3.05, 3.63) is 33.8 Å². The van der Waals surface area contributed by atoms with Gasteiger partial charge in [0, 0.05) is 17.6 Å². The number of hydrogen-bond acceptors (Lipinski definition) is 4. The molecule has 0 atom stereocenters. The van der Waals surface area contributed by atoms with Crippen molar-refractivity contribution in [2.75, 3.05) is 25.5 Å². The summed E-state index contributed by atoms with van der Waals surface area (Å²) in [6.45, 7) is 0.0238. The van der Waals surface area contributed by atoms with E-state index >= 15 is 0 Å². The van der Waals surface area contributed by atoms with Crippen molar-refractivity contribution in [3.63, 3.8) is 0 Å². The number of halogens is 2. The topological polar surface area (TPSA) is 95.6 Å². The molecule has 7 nitrogen and oxygen atoms in total. The van der Waals surface area contributed by atoms with E-state index < -0.39 is 17.7 Å². The van der Waals surface area contributed by atoms with E-state index in [-0.39, 0.29) is 42.5 Å². The standard InChI is InChI=1S/C14H13BrClN3O4/c15-8-1-2-9-10(5-8)14(23)19(13(9)22)7-12(21)18-4-3-17-11(20)6-16/h1-2,5H,3-4,6-7H2,(H,17,20)(H,18,21). The molecule has 0 spiro atoms.